The number of nitrogens with one attached hydrogen (secondary N) is 3. The highest BCUT2D eigenvalue weighted by molar-refractivity contribution is 5.94. The summed E-state index contributed by atoms with van der Waals surface area (Å²) >= 11 is 0. The number of aliphatic hydroxyl groups excluding tert-OH is 1. The Bertz CT molecular complexity index is 759. The van der Waals surface area contributed by atoms with Crippen molar-refractivity contribution in [2.45, 2.75) is 83.1 Å². The molecule has 0 aromatic rings. The molecule has 34 heavy (non-hydrogen) atoms. The van der Waals surface area contributed by atoms with Crippen LogP contribution in [0.1, 0.15) is 52.9 Å². The summed E-state index contributed by atoms with van der Waals surface area (Å²) in [7, 11) is 0. The minimum atomic E-state index is -1.44. The van der Waals surface area contributed by atoms with Crippen LogP contribution in [0, 0.1) is 5.92 Å². The third-order valence-corrected chi connectivity index (χ3v) is 5.19. The molecule has 0 aromatic heterocycles. The van der Waals surface area contributed by atoms with Gasteiger partial charge in [-0.05, 0) is 25.7 Å². The SMILES string of the molecule is CCC(C)C(NC(=O)C(CCC(N)=O)NC(=O)C(CCC(=O)O)NC(=O)C(N)C(C)O)C(=O)O. The van der Waals surface area contributed by atoms with E-state index >= 15 is 0 Å². The van der Waals surface area contributed by atoms with Gasteiger partial charge in [0.15, 0.2) is 0 Å². The van der Waals surface area contributed by atoms with Gasteiger partial charge < -0.3 is 42.7 Å². The Kier molecular flexibility index (Phi) is 13.4. The van der Waals surface area contributed by atoms with Gasteiger partial charge in [-0.1, -0.05) is 20.3 Å². The maximum absolute atomic E-state index is 12.8. The maximum atomic E-state index is 12.8. The molecule has 0 fully saturated rings. The van der Waals surface area contributed by atoms with Gasteiger partial charge in [-0.3, -0.25) is 24.0 Å². The lowest BCUT2D eigenvalue weighted by Crippen LogP contribution is -2.58. The van der Waals surface area contributed by atoms with Gasteiger partial charge >= 0.3 is 11.9 Å². The van der Waals surface area contributed by atoms with Crippen molar-refractivity contribution < 1.29 is 44.1 Å². The Balaban J connectivity index is 5.69. The average molecular weight is 490 g/mol. The quantitative estimate of drug-likeness (QED) is 0.112. The van der Waals surface area contributed by atoms with Crippen molar-refractivity contribution in [2.75, 3.05) is 0 Å². The number of carboxylic acids is 2. The predicted molar refractivity (Wildman–Crippen MR) is 118 cm³/mol. The van der Waals surface area contributed by atoms with E-state index in [-0.39, 0.29) is 19.3 Å². The van der Waals surface area contributed by atoms with Crippen LogP contribution >= 0.6 is 0 Å². The van der Waals surface area contributed by atoms with E-state index in [4.69, 9.17) is 16.6 Å². The number of primary amides is 1. The number of hydrogen-bond acceptors (Lipinski definition) is 8. The molecule has 14 nitrogen and oxygen atoms in total. The number of carbonyl (C=O) groups is 6. The Morgan fingerprint density at radius 3 is 1.71 bits per heavy atom. The molecule has 14 heteroatoms. The van der Waals surface area contributed by atoms with Crippen LogP contribution in [0.5, 0.6) is 0 Å². The minimum absolute atomic E-state index is 0.271. The Morgan fingerprint density at radius 1 is 0.824 bits per heavy atom. The zero-order valence-electron chi connectivity index (χ0n) is 19.4. The molecule has 6 atom stereocenters. The molecule has 0 aliphatic rings. The molecule has 10 N–H and O–H groups in total. The summed E-state index contributed by atoms with van der Waals surface area (Å²) in [5.41, 5.74) is 10.7. The second-order valence-electron chi connectivity index (χ2n) is 8.04. The van der Waals surface area contributed by atoms with Crippen molar-refractivity contribution in [3.63, 3.8) is 0 Å². The molecule has 4 amide bonds. The first-order valence-electron chi connectivity index (χ1n) is 10.8. The van der Waals surface area contributed by atoms with Crippen LogP contribution in [-0.4, -0.2) is 81.2 Å². The van der Waals surface area contributed by atoms with E-state index in [1.807, 2.05) is 0 Å². The summed E-state index contributed by atoms with van der Waals surface area (Å²) in [6, 6.07) is -5.51. The van der Waals surface area contributed by atoms with Gasteiger partial charge in [-0.15, -0.1) is 0 Å². The number of amides is 4. The zero-order valence-corrected chi connectivity index (χ0v) is 19.4. The van der Waals surface area contributed by atoms with Gasteiger partial charge in [-0.2, -0.15) is 0 Å². The van der Waals surface area contributed by atoms with E-state index in [2.05, 4.69) is 16.0 Å². The first-order chi connectivity index (χ1) is 15.7. The second-order valence-corrected chi connectivity index (χ2v) is 8.04. The van der Waals surface area contributed by atoms with E-state index in [0.717, 1.165) is 0 Å². The molecule has 0 heterocycles. The summed E-state index contributed by atoms with van der Waals surface area (Å²) in [5.74, 6) is -6.56. The molecule has 6 unspecified atom stereocenters. The summed E-state index contributed by atoms with van der Waals surface area (Å²) in [6.07, 6.45) is -2.30. The first-order valence-corrected chi connectivity index (χ1v) is 10.8. The number of carbonyl (C=O) groups excluding carboxylic acids is 4. The lowest BCUT2D eigenvalue weighted by Gasteiger charge is -2.26. The van der Waals surface area contributed by atoms with Crippen LogP contribution in [0.15, 0.2) is 0 Å². The van der Waals surface area contributed by atoms with Crippen LogP contribution in [0.4, 0.5) is 0 Å². The van der Waals surface area contributed by atoms with E-state index in [1.54, 1.807) is 13.8 Å². The number of nitrogens with two attached hydrogens (primary N) is 2. The number of carboxylic acid groups (broad SMARTS) is 2. The molecule has 0 rings (SSSR count). The number of aliphatic hydroxyl groups is 1. The van der Waals surface area contributed by atoms with Gasteiger partial charge in [0.25, 0.3) is 0 Å². The summed E-state index contributed by atoms with van der Waals surface area (Å²) in [5, 5.41) is 34.7. The monoisotopic (exact) mass is 489 g/mol. The van der Waals surface area contributed by atoms with Crippen LogP contribution in [0.25, 0.3) is 0 Å². The van der Waals surface area contributed by atoms with Crippen LogP contribution in [0.3, 0.4) is 0 Å². The maximum Gasteiger partial charge on any atom is 0.326 e. The Morgan fingerprint density at radius 2 is 1.29 bits per heavy atom. The molecule has 0 aliphatic heterocycles. The summed E-state index contributed by atoms with van der Waals surface area (Å²) < 4.78 is 0. The van der Waals surface area contributed by atoms with Crippen LogP contribution < -0.4 is 27.4 Å². The fourth-order valence-electron chi connectivity index (χ4n) is 2.79. The third-order valence-electron chi connectivity index (χ3n) is 5.19. The Labute approximate surface area is 196 Å². The number of rotatable bonds is 16. The molecule has 194 valence electrons. The van der Waals surface area contributed by atoms with Crippen molar-refractivity contribution in [3.8, 4) is 0 Å². The highest BCUT2D eigenvalue weighted by atomic mass is 16.4. The average Bonchev–Trinajstić information content (AvgIpc) is 2.75. The smallest absolute Gasteiger partial charge is 0.326 e. The normalized spacial score (nSPS) is 16.1. The summed E-state index contributed by atoms with van der Waals surface area (Å²) in [4.78, 5) is 71.5. The number of hydrogen-bond donors (Lipinski definition) is 8. The zero-order chi connectivity index (χ0) is 26.6. The molecule has 0 saturated heterocycles. The first kappa shape index (κ1) is 30.7. The van der Waals surface area contributed by atoms with Crippen LogP contribution in [0.2, 0.25) is 0 Å². The van der Waals surface area contributed by atoms with Gasteiger partial charge in [0.2, 0.25) is 23.6 Å². The van der Waals surface area contributed by atoms with Gasteiger partial charge in [-0.25, -0.2) is 4.79 Å². The van der Waals surface area contributed by atoms with Crippen molar-refractivity contribution in [2.24, 2.45) is 17.4 Å². The predicted octanol–water partition coefficient (Wildman–Crippen LogP) is -2.59. The third kappa shape index (κ3) is 11.0. The molecular formula is C20H35N5O9. The molecule has 0 aliphatic carbocycles. The molecule has 0 radical (unpaired) electrons. The minimum Gasteiger partial charge on any atom is -0.481 e. The van der Waals surface area contributed by atoms with E-state index < -0.39 is 78.2 Å². The second kappa shape index (κ2) is 14.8. The highest BCUT2D eigenvalue weighted by Crippen LogP contribution is 2.10. The fourth-order valence-corrected chi connectivity index (χ4v) is 2.79. The van der Waals surface area contributed by atoms with Gasteiger partial charge in [0.1, 0.15) is 24.2 Å². The lowest BCUT2D eigenvalue weighted by atomic mass is 9.98. The van der Waals surface area contributed by atoms with Crippen molar-refractivity contribution >= 4 is 35.6 Å². The molecule has 0 bridgehead atoms. The molecule has 0 aromatic carbocycles. The van der Waals surface area contributed by atoms with E-state index in [0.29, 0.717) is 6.42 Å². The van der Waals surface area contributed by atoms with Crippen molar-refractivity contribution in [1.82, 2.24) is 16.0 Å². The lowest BCUT2D eigenvalue weighted by molar-refractivity contribution is -0.144. The Hall–Kier alpha value is -3.26. The topological polar surface area (TPSA) is 251 Å². The molecule has 0 spiro atoms. The largest absolute Gasteiger partial charge is 0.481 e. The highest BCUT2D eigenvalue weighted by Gasteiger charge is 2.32. The fraction of sp³-hybridized carbons (Fsp3) is 0.700. The summed E-state index contributed by atoms with van der Waals surface area (Å²) in [6.45, 7) is 4.59. The van der Waals surface area contributed by atoms with Crippen LogP contribution in [-0.2, 0) is 28.8 Å². The van der Waals surface area contributed by atoms with Gasteiger partial charge in [0.05, 0.1) is 6.10 Å². The standard InChI is InChI=1S/C20H35N5O9/c1-4-9(2)16(20(33)34)25-18(31)11(5-7-13(21)27)23-17(30)12(6-8-14(28)29)24-19(32)15(22)10(3)26/h9-12,15-16,26H,4-8,22H2,1-3H3,(H2,21,27)(H,23,30)(H,24,32)(H,25,31)(H,28,29)(H,33,34). The van der Waals surface area contributed by atoms with Crippen molar-refractivity contribution in [1.29, 1.82) is 0 Å². The molecule has 0 saturated carbocycles. The van der Waals surface area contributed by atoms with E-state index in [1.165, 1.54) is 6.92 Å². The van der Waals surface area contributed by atoms with E-state index in [9.17, 15) is 39.0 Å². The van der Waals surface area contributed by atoms with Crippen molar-refractivity contribution in [3.05, 3.63) is 0 Å². The molecular weight excluding hydrogens is 454 g/mol. The number of aliphatic carboxylic acids is 2. The van der Waals surface area contributed by atoms with Gasteiger partial charge in [0, 0.05) is 12.8 Å².